The van der Waals surface area contributed by atoms with Crippen LogP contribution in [0.25, 0.3) is 0 Å². The molecule has 0 aromatic heterocycles. The summed E-state index contributed by atoms with van der Waals surface area (Å²) < 4.78 is 5.42. The Morgan fingerprint density at radius 1 is 1.57 bits per heavy atom. The normalized spacial score (nSPS) is 19.6. The molecular weight excluding hydrogens is 180 g/mol. The molecule has 1 aromatic carbocycles. The SMILES string of the molecule is Cc1ccc2c(c1)OCCC2C(=O)O. The molecule has 0 bridgehead atoms. The van der Waals surface area contributed by atoms with E-state index in [4.69, 9.17) is 9.84 Å². The zero-order valence-corrected chi connectivity index (χ0v) is 7.99. The van der Waals surface area contributed by atoms with Gasteiger partial charge in [0, 0.05) is 5.56 Å². The fourth-order valence-electron chi connectivity index (χ4n) is 1.75. The highest BCUT2D eigenvalue weighted by molar-refractivity contribution is 5.77. The van der Waals surface area contributed by atoms with Gasteiger partial charge in [-0.2, -0.15) is 0 Å². The fourth-order valence-corrected chi connectivity index (χ4v) is 1.75. The van der Waals surface area contributed by atoms with E-state index in [1.807, 2.05) is 25.1 Å². The molecule has 3 heteroatoms. The molecule has 1 N–H and O–H groups in total. The van der Waals surface area contributed by atoms with E-state index in [1.165, 1.54) is 0 Å². The van der Waals surface area contributed by atoms with Crippen LogP contribution >= 0.6 is 0 Å². The van der Waals surface area contributed by atoms with Gasteiger partial charge < -0.3 is 9.84 Å². The van der Waals surface area contributed by atoms with Crippen molar-refractivity contribution in [3.63, 3.8) is 0 Å². The summed E-state index contributed by atoms with van der Waals surface area (Å²) in [6.07, 6.45) is 0.561. The minimum absolute atomic E-state index is 0.403. The molecule has 74 valence electrons. The topological polar surface area (TPSA) is 46.5 Å². The predicted molar refractivity (Wildman–Crippen MR) is 51.7 cm³/mol. The third kappa shape index (κ3) is 1.45. The van der Waals surface area contributed by atoms with Crippen molar-refractivity contribution in [1.29, 1.82) is 0 Å². The highest BCUT2D eigenvalue weighted by atomic mass is 16.5. The Balaban J connectivity index is 2.44. The van der Waals surface area contributed by atoms with E-state index in [9.17, 15) is 4.79 Å². The number of rotatable bonds is 1. The lowest BCUT2D eigenvalue weighted by Gasteiger charge is -2.23. The molecule has 0 spiro atoms. The first-order valence-corrected chi connectivity index (χ1v) is 4.64. The van der Waals surface area contributed by atoms with E-state index >= 15 is 0 Å². The third-order valence-electron chi connectivity index (χ3n) is 2.51. The number of carbonyl (C=O) groups is 1. The van der Waals surface area contributed by atoms with Crippen LogP contribution in [0.4, 0.5) is 0 Å². The number of hydrogen-bond donors (Lipinski definition) is 1. The van der Waals surface area contributed by atoms with Crippen molar-refractivity contribution in [2.45, 2.75) is 19.3 Å². The molecule has 0 fully saturated rings. The number of aliphatic carboxylic acids is 1. The maximum Gasteiger partial charge on any atom is 0.311 e. The fraction of sp³-hybridized carbons (Fsp3) is 0.364. The van der Waals surface area contributed by atoms with Gasteiger partial charge in [0.05, 0.1) is 12.5 Å². The van der Waals surface area contributed by atoms with Crippen LogP contribution in [0.3, 0.4) is 0 Å². The van der Waals surface area contributed by atoms with Crippen molar-refractivity contribution >= 4 is 5.97 Å². The Morgan fingerprint density at radius 2 is 2.36 bits per heavy atom. The molecule has 1 heterocycles. The smallest absolute Gasteiger partial charge is 0.311 e. The predicted octanol–water partition coefficient (Wildman–Crippen LogP) is 1.95. The first kappa shape index (κ1) is 9.06. The summed E-state index contributed by atoms with van der Waals surface area (Å²) in [6, 6.07) is 5.66. The van der Waals surface area contributed by atoms with Gasteiger partial charge in [-0.25, -0.2) is 0 Å². The number of carboxylic acids is 1. The monoisotopic (exact) mass is 192 g/mol. The van der Waals surface area contributed by atoms with Gasteiger partial charge in [-0.3, -0.25) is 4.79 Å². The Bertz CT molecular complexity index is 371. The first-order valence-electron chi connectivity index (χ1n) is 4.64. The van der Waals surface area contributed by atoms with Crippen LogP contribution in [0.1, 0.15) is 23.5 Å². The Kier molecular flexibility index (Phi) is 2.15. The molecule has 2 rings (SSSR count). The lowest BCUT2D eigenvalue weighted by atomic mass is 9.92. The summed E-state index contributed by atoms with van der Waals surface area (Å²) in [7, 11) is 0. The summed E-state index contributed by atoms with van der Waals surface area (Å²) in [5.41, 5.74) is 1.89. The molecule has 3 nitrogen and oxygen atoms in total. The van der Waals surface area contributed by atoms with Gasteiger partial charge in [0.25, 0.3) is 0 Å². The Labute approximate surface area is 82.3 Å². The molecule has 0 aliphatic carbocycles. The minimum Gasteiger partial charge on any atom is -0.493 e. The van der Waals surface area contributed by atoms with Crippen LogP contribution in [-0.4, -0.2) is 17.7 Å². The van der Waals surface area contributed by atoms with Crippen LogP contribution in [0.15, 0.2) is 18.2 Å². The van der Waals surface area contributed by atoms with Crippen LogP contribution in [0.5, 0.6) is 5.75 Å². The van der Waals surface area contributed by atoms with Crippen molar-refractivity contribution in [2.75, 3.05) is 6.61 Å². The standard InChI is InChI=1S/C11H12O3/c1-7-2-3-8-9(11(12)13)4-5-14-10(8)6-7/h2-3,6,9H,4-5H2,1H3,(H,12,13). The maximum atomic E-state index is 10.9. The van der Waals surface area contributed by atoms with Crippen molar-refractivity contribution < 1.29 is 14.6 Å². The van der Waals surface area contributed by atoms with E-state index in [0.29, 0.717) is 13.0 Å². The minimum atomic E-state index is -0.765. The summed E-state index contributed by atoms with van der Waals surface area (Å²) in [4.78, 5) is 10.9. The van der Waals surface area contributed by atoms with E-state index in [0.717, 1.165) is 16.9 Å². The molecule has 1 atom stereocenters. The zero-order chi connectivity index (χ0) is 10.1. The molecule has 1 unspecified atom stereocenters. The van der Waals surface area contributed by atoms with Crippen molar-refractivity contribution in [1.82, 2.24) is 0 Å². The number of aryl methyl sites for hydroxylation is 1. The average Bonchev–Trinajstić information content (AvgIpc) is 2.16. The van der Waals surface area contributed by atoms with Crippen LogP contribution in [0.2, 0.25) is 0 Å². The quantitative estimate of drug-likeness (QED) is 0.739. The second kappa shape index (κ2) is 3.33. The highest BCUT2D eigenvalue weighted by Crippen LogP contribution is 2.34. The van der Waals surface area contributed by atoms with Gasteiger partial charge in [-0.05, 0) is 25.0 Å². The first-order chi connectivity index (χ1) is 6.68. The summed E-state index contributed by atoms with van der Waals surface area (Å²) in [6.45, 7) is 2.46. The number of hydrogen-bond acceptors (Lipinski definition) is 2. The molecule has 14 heavy (non-hydrogen) atoms. The van der Waals surface area contributed by atoms with Gasteiger partial charge >= 0.3 is 5.97 Å². The lowest BCUT2D eigenvalue weighted by Crippen LogP contribution is -2.20. The van der Waals surface area contributed by atoms with E-state index in [-0.39, 0.29) is 0 Å². The molecule has 0 saturated heterocycles. The van der Waals surface area contributed by atoms with Gasteiger partial charge in [-0.15, -0.1) is 0 Å². The van der Waals surface area contributed by atoms with Crippen molar-refractivity contribution in [3.8, 4) is 5.75 Å². The molecule has 1 aliphatic heterocycles. The summed E-state index contributed by atoms with van der Waals surface area (Å²) >= 11 is 0. The largest absolute Gasteiger partial charge is 0.493 e. The molecule has 0 radical (unpaired) electrons. The third-order valence-corrected chi connectivity index (χ3v) is 2.51. The number of ether oxygens (including phenoxy) is 1. The summed E-state index contributed by atoms with van der Waals surface area (Å²) in [5, 5.41) is 9.00. The second-order valence-electron chi connectivity index (χ2n) is 3.57. The van der Waals surface area contributed by atoms with Crippen LogP contribution in [-0.2, 0) is 4.79 Å². The van der Waals surface area contributed by atoms with E-state index < -0.39 is 11.9 Å². The van der Waals surface area contributed by atoms with Crippen molar-refractivity contribution in [2.24, 2.45) is 0 Å². The Morgan fingerprint density at radius 3 is 3.07 bits per heavy atom. The van der Waals surface area contributed by atoms with E-state index in [1.54, 1.807) is 0 Å². The van der Waals surface area contributed by atoms with Gasteiger partial charge in [-0.1, -0.05) is 12.1 Å². The average molecular weight is 192 g/mol. The second-order valence-corrected chi connectivity index (χ2v) is 3.57. The molecule has 1 aliphatic rings. The van der Waals surface area contributed by atoms with Gasteiger partial charge in [0.2, 0.25) is 0 Å². The molecular formula is C11H12O3. The van der Waals surface area contributed by atoms with Crippen LogP contribution in [0, 0.1) is 6.92 Å². The number of fused-ring (bicyclic) bond motifs is 1. The summed E-state index contributed by atoms with van der Waals surface area (Å²) in [5.74, 6) is -0.443. The van der Waals surface area contributed by atoms with Gasteiger partial charge in [0.15, 0.2) is 0 Å². The van der Waals surface area contributed by atoms with Crippen molar-refractivity contribution in [3.05, 3.63) is 29.3 Å². The number of carboxylic acid groups (broad SMARTS) is 1. The van der Waals surface area contributed by atoms with E-state index in [2.05, 4.69) is 0 Å². The zero-order valence-electron chi connectivity index (χ0n) is 7.99. The van der Waals surface area contributed by atoms with Crippen LogP contribution < -0.4 is 4.74 Å². The highest BCUT2D eigenvalue weighted by Gasteiger charge is 2.26. The maximum absolute atomic E-state index is 10.9. The number of benzene rings is 1. The molecule has 0 amide bonds. The van der Waals surface area contributed by atoms with Gasteiger partial charge in [0.1, 0.15) is 5.75 Å². The lowest BCUT2D eigenvalue weighted by molar-refractivity contribution is -0.139. The Hall–Kier alpha value is -1.51. The molecule has 1 aromatic rings. The molecule has 0 saturated carbocycles.